The Morgan fingerprint density at radius 3 is 2.53 bits per heavy atom. The summed E-state index contributed by atoms with van der Waals surface area (Å²) in [5.41, 5.74) is 1.63. The van der Waals surface area contributed by atoms with Crippen LogP contribution in [0.3, 0.4) is 0 Å². The summed E-state index contributed by atoms with van der Waals surface area (Å²) >= 11 is 0. The average Bonchev–Trinajstić information content (AvgIpc) is 3.11. The van der Waals surface area contributed by atoms with E-state index < -0.39 is 17.4 Å². The van der Waals surface area contributed by atoms with Crippen molar-refractivity contribution in [2.75, 3.05) is 31.1 Å². The summed E-state index contributed by atoms with van der Waals surface area (Å²) in [4.78, 5) is 27.4. The first-order valence-electron chi connectivity index (χ1n) is 11.2. The van der Waals surface area contributed by atoms with Gasteiger partial charge in [0.15, 0.2) is 0 Å². The van der Waals surface area contributed by atoms with E-state index in [2.05, 4.69) is 21.4 Å². The Balaban J connectivity index is 1.40. The number of alkyl halides is 2. The predicted octanol–water partition coefficient (Wildman–Crippen LogP) is 3.72. The topological polar surface area (TPSA) is 70.0 Å². The molecule has 1 N–H and O–H groups in total. The Morgan fingerprint density at radius 2 is 1.88 bits per heavy atom. The molecular formula is C23H31F2N5O2. The van der Waals surface area contributed by atoms with E-state index in [0.29, 0.717) is 24.7 Å². The van der Waals surface area contributed by atoms with Crippen molar-refractivity contribution in [3.63, 3.8) is 0 Å². The molecule has 174 valence electrons. The number of carbonyl (C=O) groups is 2. The van der Waals surface area contributed by atoms with Crippen LogP contribution in [0.5, 0.6) is 0 Å². The first kappa shape index (κ1) is 22.6. The minimum Gasteiger partial charge on any atom is -0.303 e. The molecule has 0 radical (unpaired) electrons. The lowest BCUT2D eigenvalue weighted by Crippen LogP contribution is -2.49. The SMILES string of the molecule is CC(F)(F)C(C)(C)CN1CCC(Cc2ccn3ncc(N4CCC(=O)NC4=O)c3c2)CC1. The zero-order valence-corrected chi connectivity index (χ0v) is 18.9. The number of pyridine rings is 1. The number of rotatable bonds is 6. The summed E-state index contributed by atoms with van der Waals surface area (Å²) < 4.78 is 29.4. The number of likely N-dealkylation sites (tertiary alicyclic amines) is 1. The normalized spacial score (nSPS) is 19.6. The Labute approximate surface area is 186 Å². The summed E-state index contributed by atoms with van der Waals surface area (Å²) in [5.74, 6) is -2.48. The molecule has 32 heavy (non-hydrogen) atoms. The van der Waals surface area contributed by atoms with Gasteiger partial charge in [-0.15, -0.1) is 0 Å². The molecule has 0 saturated carbocycles. The maximum Gasteiger partial charge on any atom is 0.328 e. The fourth-order valence-electron chi connectivity index (χ4n) is 4.52. The van der Waals surface area contributed by atoms with Crippen LogP contribution < -0.4 is 10.2 Å². The van der Waals surface area contributed by atoms with Gasteiger partial charge >= 0.3 is 6.03 Å². The highest BCUT2D eigenvalue weighted by molar-refractivity contribution is 6.07. The van der Waals surface area contributed by atoms with Gasteiger partial charge in [0, 0.05) is 31.1 Å². The molecule has 7 nitrogen and oxygen atoms in total. The van der Waals surface area contributed by atoms with Crippen molar-refractivity contribution in [1.29, 1.82) is 0 Å². The van der Waals surface area contributed by atoms with Crippen LogP contribution in [0.1, 0.15) is 45.6 Å². The molecule has 2 saturated heterocycles. The Bertz CT molecular complexity index is 1010. The number of halogens is 2. The van der Waals surface area contributed by atoms with Gasteiger partial charge in [-0.3, -0.25) is 15.0 Å². The predicted molar refractivity (Wildman–Crippen MR) is 118 cm³/mol. The molecule has 0 aromatic carbocycles. The van der Waals surface area contributed by atoms with E-state index in [9.17, 15) is 18.4 Å². The van der Waals surface area contributed by atoms with E-state index in [4.69, 9.17) is 0 Å². The summed E-state index contributed by atoms with van der Waals surface area (Å²) in [6.45, 7) is 6.66. The van der Waals surface area contributed by atoms with Crippen LogP contribution in [-0.4, -0.2) is 58.6 Å². The summed E-state index contributed by atoms with van der Waals surface area (Å²) in [7, 11) is 0. The number of carbonyl (C=O) groups excluding carboxylic acids is 2. The Hall–Kier alpha value is -2.55. The third kappa shape index (κ3) is 4.62. The highest BCUT2D eigenvalue weighted by atomic mass is 19.3. The molecule has 0 spiro atoms. The highest BCUT2D eigenvalue weighted by Gasteiger charge is 2.43. The van der Waals surface area contributed by atoms with Crippen molar-refractivity contribution in [3.8, 4) is 0 Å². The van der Waals surface area contributed by atoms with Crippen LogP contribution >= 0.6 is 0 Å². The Kier molecular flexibility index (Phi) is 5.96. The number of anilines is 1. The molecular weight excluding hydrogens is 416 g/mol. The number of nitrogens with zero attached hydrogens (tertiary/aromatic N) is 4. The van der Waals surface area contributed by atoms with E-state index in [-0.39, 0.29) is 12.3 Å². The number of urea groups is 1. The molecule has 3 amide bonds. The highest BCUT2D eigenvalue weighted by Crippen LogP contribution is 2.37. The maximum absolute atomic E-state index is 13.9. The number of hydrogen-bond acceptors (Lipinski definition) is 4. The van der Waals surface area contributed by atoms with Crippen molar-refractivity contribution >= 4 is 23.1 Å². The molecule has 2 aromatic rings. The average molecular weight is 448 g/mol. The van der Waals surface area contributed by atoms with E-state index in [1.54, 1.807) is 29.5 Å². The second-order valence-electron chi connectivity index (χ2n) is 9.85. The molecule has 0 aliphatic carbocycles. The lowest BCUT2D eigenvalue weighted by molar-refractivity contribution is -0.120. The monoisotopic (exact) mass is 447 g/mol. The maximum atomic E-state index is 13.9. The Morgan fingerprint density at radius 1 is 1.16 bits per heavy atom. The summed E-state index contributed by atoms with van der Waals surface area (Å²) in [6, 6.07) is 3.67. The van der Waals surface area contributed by atoms with Crippen molar-refractivity contribution in [1.82, 2.24) is 19.8 Å². The second-order valence-corrected chi connectivity index (χ2v) is 9.85. The van der Waals surface area contributed by atoms with Gasteiger partial charge in [-0.2, -0.15) is 5.10 Å². The number of aromatic nitrogens is 2. The van der Waals surface area contributed by atoms with E-state index in [0.717, 1.165) is 50.4 Å². The first-order chi connectivity index (χ1) is 15.0. The van der Waals surface area contributed by atoms with Gasteiger partial charge in [0.1, 0.15) is 0 Å². The third-order valence-electron chi connectivity index (χ3n) is 6.95. The smallest absolute Gasteiger partial charge is 0.303 e. The van der Waals surface area contributed by atoms with Gasteiger partial charge in [-0.25, -0.2) is 18.1 Å². The lowest BCUT2D eigenvalue weighted by Gasteiger charge is -2.40. The molecule has 4 heterocycles. The second kappa shape index (κ2) is 8.42. The number of piperidine rings is 1. The van der Waals surface area contributed by atoms with Gasteiger partial charge in [0.25, 0.3) is 5.92 Å². The van der Waals surface area contributed by atoms with Crippen LogP contribution in [0.4, 0.5) is 19.3 Å². The quantitative estimate of drug-likeness (QED) is 0.733. The minimum absolute atomic E-state index is 0.263. The largest absolute Gasteiger partial charge is 0.328 e. The molecule has 0 bridgehead atoms. The van der Waals surface area contributed by atoms with Gasteiger partial charge < -0.3 is 4.90 Å². The first-order valence-corrected chi connectivity index (χ1v) is 11.2. The van der Waals surface area contributed by atoms with Crippen molar-refractivity contribution < 1.29 is 18.4 Å². The summed E-state index contributed by atoms with van der Waals surface area (Å²) in [5, 5.41) is 6.69. The van der Waals surface area contributed by atoms with E-state index in [1.165, 1.54) is 0 Å². The van der Waals surface area contributed by atoms with Gasteiger partial charge in [-0.05, 0) is 62.9 Å². The number of hydrogen-bond donors (Lipinski definition) is 1. The molecule has 2 aliphatic heterocycles. The lowest BCUT2D eigenvalue weighted by atomic mass is 9.84. The van der Waals surface area contributed by atoms with Crippen LogP contribution in [0.15, 0.2) is 24.5 Å². The van der Waals surface area contributed by atoms with Crippen LogP contribution in [-0.2, 0) is 11.2 Å². The van der Waals surface area contributed by atoms with Crippen molar-refractivity contribution in [3.05, 3.63) is 30.1 Å². The van der Waals surface area contributed by atoms with E-state index in [1.807, 2.05) is 12.3 Å². The molecule has 2 aromatic heterocycles. The molecule has 0 unspecified atom stereocenters. The van der Waals surface area contributed by atoms with Crippen molar-refractivity contribution in [2.24, 2.45) is 11.3 Å². The zero-order valence-electron chi connectivity index (χ0n) is 18.9. The van der Waals surface area contributed by atoms with Gasteiger partial charge in [0.2, 0.25) is 5.91 Å². The number of amides is 3. The zero-order chi connectivity index (χ0) is 23.1. The molecule has 2 fully saturated rings. The summed E-state index contributed by atoms with van der Waals surface area (Å²) in [6.07, 6.45) is 6.65. The number of fused-ring (bicyclic) bond motifs is 1. The molecule has 4 rings (SSSR count). The molecule has 0 atom stereocenters. The van der Waals surface area contributed by atoms with Crippen LogP contribution in [0.2, 0.25) is 0 Å². The van der Waals surface area contributed by atoms with E-state index >= 15 is 0 Å². The fourth-order valence-corrected chi connectivity index (χ4v) is 4.52. The molecule has 9 heteroatoms. The van der Waals surface area contributed by atoms with Crippen LogP contribution in [0.25, 0.3) is 5.52 Å². The number of nitrogens with one attached hydrogen (secondary N) is 1. The van der Waals surface area contributed by atoms with Gasteiger partial charge in [-0.1, -0.05) is 13.8 Å². The minimum atomic E-state index is -2.71. The third-order valence-corrected chi connectivity index (χ3v) is 6.95. The van der Waals surface area contributed by atoms with Gasteiger partial charge in [0.05, 0.1) is 17.4 Å². The van der Waals surface area contributed by atoms with Crippen LogP contribution in [0, 0.1) is 11.3 Å². The fraction of sp³-hybridized carbons (Fsp3) is 0.609. The van der Waals surface area contributed by atoms with Crippen molar-refractivity contribution in [2.45, 2.75) is 52.4 Å². The number of imide groups is 1. The standard InChI is InChI=1S/C23H31F2N5O2/c1-22(2,23(3,24)25)15-28-8-4-16(5-9-28)12-17-6-11-30-18(13-17)19(14-26-30)29-10-7-20(31)27-21(29)32/h6,11,13-14,16H,4-5,7-10,12,15H2,1-3H3,(H,27,31,32). The molecule has 2 aliphatic rings.